The smallest absolute Gasteiger partial charge is 0.171 e. The molecule has 0 heterocycles. The van der Waals surface area contributed by atoms with E-state index in [1.54, 1.807) is 18.2 Å². The second-order valence-corrected chi connectivity index (χ2v) is 8.43. The van der Waals surface area contributed by atoms with Crippen molar-refractivity contribution in [2.24, 2.45) is 0 Å². The van der Waals surface area contributed by atoms with Crippen LogP contribution < -0.4 is 4.74 Å². The number of hydrogen-bond donors (Lipinski definition) is 0. The Bertz CT molecular complexity index is 1220. The zero-order chi connectivity index (χ0) is 24.4. The zero-order valence-electron chi connectivity index (χ0n) is 18.8. The van der Waals surface area contributed by atoms with Crippen molar-refractivity contribution in [3.63, 3.8) is 0 Å². The van der Waals surface area contributed by atoms with Crippen LogP contribution in [-0.4, -0.2) is 0 Å². The molecule has 0 aliphatic heterocycles. The molecule has 1 aliphatic carbocycles. The Balaban J connectivity index is 1.64. The van der Waals surface area contributed by atoms with E-state index in [9.17, 15) is 13.2 Å². The first-order valence-electron chi connectivity index (χ1n) is 11.3. The van der Waals surface area contributed by atoms with Crippen molar-refractivity contribution in [1.82, 2.24) is 0 Å². The van der Waals surface area contributed by atoms with E-state index in [0.29, 0.717) is 31.2 Å². The molecule has 0 saturated carbocycles. The van der Waals surface area contributed by atoms with Gasteiger partial charge in [0.2, 0.25) is 0 Å². The maximum Gasteiger partial charge on any atom is 0.171 e. The summed E-state index contributed by atoms with van der Waals surface area (Å²) in [4.78, 5) is 0. The van der Waals surface area contributed by atoms with Crippen LogP contribution in [0.1, 0.15) is 59.9 Å². The van der Waals surface area contributed by atoms with Crippen LogP contribution in [0, 0.1) is 17.5 Å². The fourth-order valence-electron chi connectivity index (χ4n) is 4.37. The number of alkyl halides is 2. The van der Waals surface area contributed by atoms with Crippen molar-refractivity contribution in [2.45, 2.75) is 51.6 Å². The molecule has 6 heteroatoms. The molecule has 2 unspecified atom stereocenters. The van der Waals surface area contributed by atoms with Crippen LogP contribution in [0.3, 0.4) is 0 Å². The van der Waals surface area contributed by atoms with E-state index in [1.165, 1.54) is 30.3 Å². The van der Waals surface area contributed by atoms with Gasteiger partial charge in [-0.3, -0.25) is 0 Å². The summed E-state index contributed by atoms with van der Waals surface area (Å²) in [5.74, 6) is -2.68. The molecule has 1 aliphatic rings. The van der Waals surface area contributed by atoms with Gasteiger partial charge in [0.15, 0.2) is 23.9 Å². The molecule has 3 aromatic rings. The second kappa shape index (κ2) is 10.00. The number of rotatable bonds is 8. The molecule has 178 valence electrons. The first-order valence-corrected chi connectivity index (χ1v) is 11.3. The van der Waals surface area contributed by atoms with E-state index in [4.69, 9.17) is 4.74 Å². The minimum Gasteiger partial charge on any atom is -0.486 e. The highest BCUT2D eigenvalue weighted by molar-refractivity contribution is 5.76. The predicted molar refractivity (Wildman–Crippen MR) is 123 cm³/mol. The molecule has 0 spiro atoms. The van der Waals surface area contributed by atoms with Crippen molar-refractivity contribution >= 4 is 0 Å². The number of hydrogen-bond acceptors (Lipinski definition) is 1. The van der Waals surface area contributed by atoms with Crippen molar-refractivity contribution < 1.29 is 26.7 Å². The van der Waals surface area contributed by atoms with Gasteiger partial charge in [-0.05, 0) is 53.6 Å². The molecule has 0 radical (unpaired) electrons. The second-order valence-electron chi connectivity index (χ2n) is 8.43. The Morgan fingerprint density at radius 2 is 1.50 bits per heavy atom. The maximum absolute atomic E-state index is 15.3. The Morgan fingerprint density at radius 1 is 0.853 bits per heavy atom. The van der Waals surface area contributed by atoms with Gasteiger partial charge in [0.05, 0.1) is 0 Å². The van der Waals surface area contributed by atoms with Crippen LogP contribution in [0.25, 0.3) is 11.1 Å². The third kappa shape index (κ3) is 4.33. The van der Waals surface area contributed by atoms with Crippen LogP contribution in [0.5, 0.6) is 5.75 Å². The molecule has 0 fully saturated rings. The van der Waals surface area contributed by atoms with E-state index in [-0.39, 0.29) is 34.6 Å². The number of fused-ring (bicyclic) bond motifs is 3. The van der Waals surface area contributed by atoms with Gasteiger partial charge < -0.3 is 4.74 Å². The molecule has 3 aromatic carbocycles. The molecule has 34 heavy (non-hydrogen) atoms. The lowest BCUT2D eigenvalue weighted by atomic mass is 9.81. The molecule has 0 saturated heterocycles. The molecule has 2 atom stereocenters. The van der Waals surface area contributed by atoms with Gasteiger partial charge in [-0.15, -0.1) is 6.58 Å². The summed E-state index contributed by atoms with van der Waals surface area (Å²) in [6.07, 6.45) is -0.598. The van der Waals surface area contributed by atoms with Crippen molar-refractivity contribution in [3.8, 4) is 16.9 Å². The minimum absolute atomic E-state index is 0.0842. The summed E-state index contributed by atoms with van der Waals surface area (Å²) in [5.41, 5.74) is 0.621. The standard InChI is InChI=1S/C28H25F5O/c1-3-5-7-16-8-9-18(21(29)14-16)15-34-22-13-12-20-19-11-10-17(6-4-2)25(30)23(19)27(32)28(33)24(20)26(22)31/h3,8-14,27-28H,1,4-7,15H2,2H3. The number of allylic oxidation sites excluding steroid dienone is 1. The van der Waals surface area contributed by atoms with Crippen molar-refractivity contribution in [3.05, 3.63) is 100 Å². The molecule has 0 aromatic heterocycles. The normalized spacial score (nSPS) is 16.6. The number of halogens is 5. The third-order valence-electron chi connectivity index (χ3n) is 6.16. The molecule has 0 amide bonds. The van der Waals surface area contributed by atoms with Gasteiger partial charge in [-0.1, -0.05) is 49.8 Å². The Kier molecular flexibility index (Phi) is 7.05. The van der Waals surface area contributed by atoms with Crippen molar-refractivity contribution in [1.29, 1.82) is 0 Å². The first kappa shape index (κ1) is 24.0. The highest BCUT2D eigenvalue weighted by Gasteiger charge is 2.39. The van der Waals surface area contributed by atoms with Crippen LogP contribution in [0.2, 0.25) is 0 Å². The quantitative estimate of drug-likeness (QED) is 0.236. The van der Waals surface area contributed by atoms with E-state index < -0.39 is 35.4 Å². The fourth-order valence-corrected chi connectivity index (χ4v) is 4.37. The molecular formula is C28H25F5O. The van der Waals surface area contributed by atoms with Gasteiger partial charge in [0.25, 0.3) is 0 Å². The molecule has 4 rings (SSSR count). The van der Waals surface area contributed by atoms with Gasteiger partial charge in [-0.2, -0.15) is 0 Å². The Labute approximate surface area is 195 Å². The van der Waals surface area contributed by atoms with Crippen LogP contribution in [-0.2, 0) is 19.4 Å². The highest BCUT2D eigenvalue weighted by Crippen LogP contribution is 2.51. The van der Waals surface area contributed by atoms with E-state index in [0.717, 1.165) is 5.56 Å². The van der Waals surface area contributed by atoms with Gasteiger partial charge in [0.1, 0.15) is 18.2 Å². The maximum atomic E-state index is 15.3. The Morgan fingerprint density at radius 3 is 2.15 bits per heavy atom. The van der Waals surface area contributed by atoms with E-state index >= 15 is 8.78 Å². The van der Waals surface area contributed by atoms with Gasteiger partial charge >= 0.3 is 0 Å². The molecular weight excluding hydrogens is 447 g/mol. The average molecular weight is 472 g/mol. The summed E-state index contributed by atoms with van der Waals surface area (Å²) in [7, 11) is 0. The van der Waals surface area contributed by atoms with Crippen LogP contribution in [0.15, 0.2) is 55.1 Å². The van der Waals surface area contributed by atoms with E-state index in [1.807, 2.05) is 6.92 Å². The topological polar surface area (TPSA) is 9.23 Å². The number of aryl methyl sites for hydroxylation is 2. The largest absolute Gasteiger partial charge is 0.486 e. The average Bonchev–Trinajstić information content (AvgIpc) is 2.82. The SMILES string of the molecule is C=CCCc1ccc(COc2ccc3c(c2F)C(F)C(F)c2c-3ccc(CCC)c2F)c(F)c1. The number of ether oxygens (including phenoxy) is 1. The minimum atomic E-state index is -2.39. The van der Waals surface area contributed by atoms with Crippen LogP contribution in [0.4, 0.5) is 22.0 Å². The monoisotopic (exact) mass is 472 g/mol. The summed E-state index contributed by atoms with van der Waals surface area (Å²) in [6.45, 7) is 5.21. The number of benzene rings is 3. The zero-order valence-corrected chi connectivity index (χ0v) is 18.8. The van der Waals surface area contributed by atoms with Gasteiger partial charge in [-0.25, -0.2) is 22.0 Å². The van der Waals surface area contributed by atoms with E-state index in [2.05, 4.69) is 6.58 Å². The fraction of sp³-hybridized carbons (Fsp3) is 0.286. The summed E-state index contributed by atoms with van der Waals surface area (Å²) in [6, 6.07) is 10.4. The predicted octanol–water partition coefficient (Wildman–Crippen LogP) is 8.46. The first-order chi connectivity index (χ1) is 16.4. The summed E-state index contributed by atoms with van der Waals surface area (Å²) in [5, 5.41) is 0. The molecule has 0 N–H and O–H groups in total. The lowest BCUT2D eigenvalue weighted by Crippen LogP contribution is -2.16. The molecule has 1 nitrogen and oxygen atoms in total. The Hall–Kier alpha value is -3.15. The highest BCUT2D eigenvalue weighted by atomic mass is 19.2. The summed E-state index contributed by atoms with van der Waals surface area (Å²) < 4.78 is 80.1. The van der Waals surface area contributed by atoms with Crippen molar-refractivity contribution in [2.75, 3.05) is 0 Å². The third-order valence-corrected chi connectivity index (χ3v) is 6.16. The lowest BCUT2D eigenvalue weighted by Gasteiger charge is -2.28. The lowest BCUT2D eigenvalue weighted by molar-refractivity contribution is 0.158. The molecule has 0 bridgehead atoms. The van der Waals surface area contributed by atoms with Gasteiger partial charge in [0, 0.05) is 16.7 Å². The summed E-state index contributed by atoms with van der Waals surface area (Å²) >= 11 is 0. The van der Waals surface area contributed by atoms with Crippen LogP contribution >= 0.6 is 0 Å².